The first-order valence-electron chi connectivity index (χ1n) is 9.14. The van der Waals surface area contributed by atoms with Crippen LogP contribution in [0, 0.1) is 0 Å². The van der Waals surface area contributed by atoms with Crippen LogP contribution in [-0.4, -0.2) is 66.8 Å². The van der Waals surface area contributed by atoms with Crippen molar-refractivity contribution in [2.45, 2.75) is 44.4 Å². The normalized spacial score (nSPS) is 22.2. The number of piperidine rings is 1. The lowest BCUT2D eigenvalue weighted by molar-refractivity contribution is 0.174. The second-order valence-corrected chi connectivity index (χ2v) is 10.0. The lowest BCUT2D eigenvalue weighted by Crippen LogP contribution is -2.43. The average molecular weight is 369 g/mol. The summed E-state index contributed by atoms with van der Waals surface area (Å²) in [6.45, 7) is 7.51. The van der Waals surface area contributed by atoms with E-state index >= 15 is 0 Å². The minimum atomic E-state index is -3.03. The fraction of sp³-hybridized carbons (Fsp3) is 0.765. The predicted octanol–water partition coefficient (Wildman–Crippen LogP) is 0.913. The molecule has 3 rings (SSSR count). The van der Waals surface area contributed by atoms with Gasteiger partial charge in [-0.05, 0) is 39.7 Å². The van der Waals surface area contributed by atoms with Crippen molar-refractivity contribution in [3.63, 3.8) is 0 Å². The summed E-state index contributed by atoms with van der Waals surface area (Å²) in [6.07, 6.45) is 4.81. The molecule has 3 heterocycles. The Morgan fingerprint density at radius 2 is 2.00 bits per heavy atom. The van der Waals surface area contributed by atoms with E-state index in [4.69, 9.17) is 0 Å². The minimum Gasteiger partial charge on any atom is -0.370 e. The van der Waals surface area contributed by atoms with E-state index in [-0.39, 0.29) is 22.6 Å². The van der Waals surface area contributed by atoms with E-state index in [9.17, 15) is 13.2 Å². The molecule has 0 aromatic carbocycles. The van der Waals surface area contributed by atoms with Gasteiger partial charge in [-0.3, -0.25) is 4.79 Å². The molecule has 8 heteroatoms. The summed E-state index contributed by atoms with van der Waals surface area (Å²) in [4.78, 5) is 16.8. The van der Waals surface area contributed by atoms with Crippen LogP contribution in [0.15, 0.2) is 17.1 Å². The van der Waals surface area contributed by atoms with E-state index in [0.717, 1.165) is 38.2 Å². The SMILES string of the molecule is CC(C)S(=O)(=O)CCN1CCCC(n2ncc(N3CCC3)cc2=O)C1. The van der Waals surface area contributed by atoms with Crippen molar-refractivity contribution in [3.8, 4) is 0 Å². The second-order valence-electron chi connectivity index (χ2n) is 7.35. The Bertz CT molecular complexity index is 755. The van der Waals surface area contributed by atoms with E-state index in [1.807, 2.05) is 0 Å². The smallest absolute Gasteiger partial charge is 0.269 e. The van der Waals surface area contributed by atoms with E-state index in [2.05, 4.69) is 14.9 Å². The van der Waals surface area contributed by atoms with Crippen LogP contribution < -0.4 is 10.5 Å². The number of aromatic nitrogens is 2. The molecule has 140 valence electrons. The molecule has 2 saturated heterocycles. The van der Waals surface area contributed by atoms with Gasteiger partial charge in [-0.1, -0.05) is 0 Å². The maximum atomic E-state index is 12.5. The second kappa shape index (κ2) is 7.45. The number of likely N-dealkylation sites (tertiary alicyclic amines) is 1. The largest absolute Gasteiger partial charge is 0.370 e. The van der Waals surface area contributed by atoms with Crippen LogP contribution in [0.1, 0.15) is 39.2 Å². The Kier molecular flexibility index (Phi) is 5.48. The predicted molar refractivity (Wildman–Crippen MR) is 99.0 cm³/mol. The Balaban J connectivity index is 1.64. The molecule has 0 saturated carbocycles. The number of sulfone groups is 1. The van der Waals surface area contributed by atoms with Crippen molar-refractivity contribution in [1.82, 2.24) is 14.7 Å². The van der Waals surface area contributed by atoms with Gasteiger partial charge in [-0.25, -0.2) is 13.1 Å². The molecule has 0 spiro atoms. The molecule has 1 aromatic heterocycles. The molecule has 0 aliphatic carbocycles. The van der Waals surface area contributed by atoms with E-state index in [1.54, 1.807) is 30.8 Å². The standard InChI is InChI=1S/C17H28N4O3S/c1-14(2)25(23,24)10-9-19-6-3-5-15(13-19)21-17(22)11-16(12-18-21)20-7-4-8-20/h11-12,14-15H,3-10,13H2,1-2H3. The number of hydrogen-bond donors (Lipinski definition) is 0. The molecule has 1 atom stereocenters. The van der Waals surface area contributed by atoms with Gasteiger partial charge in [0.15, 0.2) is 9.84 Å². The molecule has 0 amide bonds. The lowest BCUT2D eigenvalue weighted by atomic mass is 10.1. The molecule has 25 heavy (non-hydrogen) atoms. The number of nitrogens with zero attached hydrogens (tertiary/aromatic N) is 4. The van der Waals surface area contributed by atoms with Crippen molar-refractivity contribution in [3.05, 3.63) is 22.6 Å². The summed E-state index contributed by atoms with van der Waals surface area (Å²) in [5.74, 6) is 0.174. The van der Waals surface area contributed by atoms with Gasteiger partial charge >= 0.3 is 0 Å². The Labute approximate surface area is 149 Å². The van der Waals surface area contributed by atoms with Crippen LogP contribution in [0.25, 0.3) is 0 Å². The topological polar surface area (TPSA) is 75.5 Å². The van der Waals surface area contributed by atoms with Crippen molar-refractivity contribution >= 4 is 15.5 Å². The summed E-state index contributed by atoms with van der Waals surface area (Å²) < 4.78 is 25.6. The van der Waals surface area contributed by atoms with Gasteiger partial charge in [0.25, 0.3) is 5.56 Å². The molecule has 0 radical (unpaired) electrons. The first-order chi connectivity index (χ1) is 11.9. The summed E-state index contributed by atoms with van der Waals surface area (Å²) in [5.41, 5.74) is 0.842. The van der Waals surface area contributed by atoms with Gasteiger partial charge < -0.3 is 9.80 Å². The first-order valence-corrected chi connectivity index (χ1v) is 10.9. The Hall–Kier alpha value is -1.41. The number of hydrogen-bond acceptors (Lipinski definition) is 6. The zero-order chi connectivity index (χ0) is 18.0. The summed E-state index contributed by atoms with van der Waals surface area (Å²) in [5, 5.41) is 4.05. The van der Waals surface area contributed by atoms with Crippen molar-refractivity contribution in [1.29, 1.82) is 0 Å². The maximum absolute atomic E-state index is 12.5. The third-order valence-corrected chi connectivity index (χ3v) is 7.46. The molecule has 2 fully saturated rings. The quantitative estimate of drug-likeness (QED) is 0.743. The van der Waals surface area contributed by atoms with E-state index < -0.39 is 9.84 Å². The maximum Gasteiger partial charge on any atom is 0.269 e. The molecule has 0 N–H and O–H groups in total. The van der Waals surface area contributed by atoms with Crippen molar-refractivity contribution in [2.75, 3.05) is 43.4 Å². The lowest BCUT2D eigenvalue weighted by Gasteiger charge is -2.34. The Morgan fingerprint density at radius 1 is 1.24 bits per heavy atom. The Morgan fingerprint density at radius 3 is 2.60 bits per heavy atom. The fourth-order valence-electron chi connectivity index (χ4n) is 3.36. The van der Waals surface area contributed by atoms with Gasteiger partial charge in [0.05, 0.1) is 28.9 Å². The average Bonchev–Trinajstić information content (AvgIpc) is 2.52. The van der Waals surface area contributed by atoms with Crippen LogP contribution in [0.3, 0.4) is 0 Å². The third-order valence-electron chi connectivity index (χ3n) is 5.27. The molecule has 2 aliphatic rings. The highest BCUT2D eigenvalue weighted by atomic mass is 32.2. The van der Waals surface area contributed by atoms with Crippen LogP contribution >= 0.6 is 0 Å². The van der Waals surface area contributed by atoms with E-state index in [1.165, 1.54) is 6.42 Å². The van der Waals surface area contributed by atoms with Crippen molar-refractivity contribution < 1.29 is 8.42 Å². The van der Waals surface area contributed by atoms with Crippen LogP contribution in [-0.2, 0) is 9.84 Å². The summed E-state index contributed by atoms with van der Waals surface area (Å²) in [7, 11) is -3.03. The van der Waals surface area contributed by atoms with Crippen LogP contribution in [0.5, 0.6) is 0 Å². The highest BCUT2D eigenvalue weighted by Crippen LogP contribution is 2.21. The minimum absolute atomic E-state index is 0.0217. The number of anilines is 1. The van der Waals surface area contributed by atoms with Crippen LogP contribution in [0.4, 0.5) is 5.69 Å². The molecular formula is C17H28N4O3S. The monoisotopic (exact) mass is 368 g/mol. The third kappa shape index (κ3) is 4.23. The van der Waals surface area contributed by atoms with Gasteiger partial charge in [0, 0.05) is 32.2 Å². The molecule has 7 nitrogen and oxygen atoms in total. The molecule has 1 aromatic rings. The zero-order valence-corrected chi connectivity index (χ0v) is 15.9. The van der Waals surface area contributed by atoms with Gasteiger partial charge in [0.2, 0.25) is 0 Å². The van der Waals surface area contributed by atoms with E-state index in [0.29, 0.717) is 13.1 Å². The highest BCUT2D eigenvalue weighted by Gasteiger charge is 2.25. The van der Waals surface area contributed by atoms with Gasteiger partial charge in [0.1, 0.15) is 0 Å². The summed E-state index contributed by atoms with van der Waals surface area (Å²) in [6, 6.07) is 1.70. The van der Waals surface area contributed by atoms with Gasteiger partial charge in [-0.2, -0.15) is 5.10 Å². The highest BCUT2D eigenvalue weighted by molar-refractivity contribution is 7.92. The molecular weight excluding hydrogens is 340 g/mol. The zero-order valence-electron chi connectivity index (χ0n) is 15.1. The number of rotatable bonds is 6. The molecule has 0 bridgehead atoms. The van der Waals surface area contributed by atoms with Gasteiger partial charge in [-0.15, -0.1) is 0 Å². The molecule has 1 unspecified atom stereocenters. The van der Waals surface area contributed by atoms with Crippen LogP contribution in [0.2, 0.25) is 0 Å². The van der Waals surface area contributed by atoms with Crippen molar-refractivity contribution in [2.24, 2.45) is 0 Å². The molecule has 2 aliphatic heterocycles. The summed E-state index contributed by atoms with van der Waals surface area (Å²) >= 11 is 0. The fourth-order valence-corrected chi connectivity index (χ4v) is 4.34. The first kappa shape index (κ1) is 18.4.